The van der Waals surface area contributed by atoms with Crippen LogP contribution in [0.15, 0.2) is 22.7 Å². The molecule has 0 spiro atoms. The number of aromatic nitrogens is 2. The summed E-state index contributed by atoms with van der Waals surface area (Å²) in [6, 6.07) is 4.98. The van der Waals surface area contributed by atoms with Crippen LogP contribution in [-0.4, -0.2) is 16.0 Å². The van der Waals surface area contributed by atoms with Crippen molar-refractivity contribution in [2.75, 3.05) is 5.73 Å². The quantitative estimate of drug-likeness (QED) is 0.848. The summed E-state index contributed by atoms with van der Waals surface area (Å²) in [4.78, 5) is 15.9. The number of anilines is 1. The lowest BCUT2D eigenvalue weighted by Gasteiger charge is -2.04. The van der Waals surface area contributed by atoms with Gasteiger partial charge < -0.3 is 15.6 Å². The molecule has 2 rings (SSSR count). The number of nitrogens with zero attached hydrogens (tertiary/aromatic N) is 2. The van der Waals surface area contributed by atoms with Crippen LogP contribution in [0.5, 0.6) is 0 Å². The summed E-state index contributed by atoms with van der Waals surface area (Å²) in [6.45, 7) is 3.90. The number of pyridine rings is 1. The fourth-order valence-electron chi connectivity index (χ4n) is 1.59. The molecule has 6 nitrogen and oxygen atoms in total. The van der Waals surface area contributed by atoms with Crippen LogP contribution in [0.2, 0.25) is 0 Å². The zero-order chi connectivity index (χ0) is 13.1. The van der Waals surface area contributed by atoms with E-state index in [2.05, 4.69) is 15.5 Å². The molecule has 2 aromatic heterocycles. The second-order valence-electron chi connectivity index (χ2n) is 4.04. The molecule has 0 aromatic carbocycles. The Morgan fingerprint density at radius 1 is 1.33 bits per heavy atom. The Kier molecular flexibility index (Phi) is 3.27. The minimum absolute atomic E-state index is 0.221. The second-order valence-corrected chi connectivity index (χ2v) is 4.04. The van der Waals surface area contributed by atoms with Crippen molar-refractivity contribution in [1.82, 2.24) is 15.5 Å². The lowest BCUT2D eigenvalue weighted by molar-refractivity contribution is 0.0947. The normalized spacial score (nSPS) is 10.3. The Hall–Kier alpha value is -2.37. The van der Waals surface area contributed by atoms with Crippen LogP contribution in [0.1, 0.15) is 27.5 Å². The van der Waals surface area contributed by atoms with Gasteiger partial charge >= 0.3 is 0 Å². The smallest absolute Gasteiger partial charge is 0.251 e. The molecular formula is C12H14N4O2. The highest BCUT2D eigenvalue weighted by Crippen LogP contribution is 2.08. The van der Waals surface area contributed by atoms with Gasteiger partial charge in [0.25, 0.3) is 5.91 Å². The highest BCUT2D eigenvalue weighted by atomic mass is 16.5. The lowest BCUT2D eigenvalue weighted by Crippen LogP contribution is -2.23. The first kappa shape index (κ1) is 12.1. The van der Waals surface area contributed by atoms with Crippen LogP contribution in [0.3, 0.4) is 0 Å². The maximum absolute atomic E-state index is 11.9. The van der Waals surface area contributed by atoms with Gasteiger partial charge in [0, 0.05) is 17.3 Å². The molecule has 94 valence electrons. The fraction of sp³-hybridized carbons (Fsp3) is 0.250. The molecule has 0 aliphatic rings. The predicted octanol–water partition coefficient (Wildman–Crippen LogP) is 1.20. The van der Waals surface area contributed by atoms with Crippen molar-refractivity contribution in [2.24, 2.45) is 0 Å². The molecule has 2 heterocycles. The summed E-state index contributed by atoms with van der Waals surface area (Å²) in [5.41, 5.74) is 7.56. The first-order valence-electron chi connectivity index (χ1n) is 5.49. The summed E-state index contributed by atoms with van der Waals surface area (Å²) in [7, 11) is 0. The molecule has 18 heavy (non-hydrogen) atoms. The molecule has 2 aromatic rings. The van der Waals surface area contributed by atoms with Crippen LogP contribution in [-0.2, 0) is 6.54 Å². The van der Waals surface area contributed by atoms with E-state index in [1.54, 1.807) is 19.1 Å². The third-order valence-corrected chi connectivity index (χ3v) is 2.34. The van der Waals surface area contributed by atoms with Crippen molar-refractivity contribution < 1.29 is 9.32 Å². The molecule has 0 aliphatic heterocycles. The van der Waals surface area contributed by atoms with E-state index in [9.17, 15) is 4.79 Å². The molecule has 0 radical (unpaired) electrons. The van der Waals surface area contributed by atoms with Crippen LogP contribution in [0, 0.1) is 13.8 Å². The van der Waals surface area contributed by atoms with Crippen LogP contribution < -0.4 is 11.1 Å². The average Bonchev–Trinajstić information content (AvgIpc) is 2.70. The highest BCUT2D eigenvalue weighted by Gasteiger charge is 2.09. The van der Waals surface area contributed by atoms with E-state index in [4.69, 9.17) is 10.3 Å². The van der Waals surface area contributed by atoms with Gasteiger partial charge in [-0.15, -0.1) is 0 Å². The van der Waals surface area contributed by atoms with Gasteiger partial charge in [0.1, 0.15) is 5.82 Å². The summed E-state index contributed by atoms with van der Waals surface area (Å²) >= 11 is 0. The number of nitrogens with two attached hydrogens (primary N) is 1. The first-order chi connectivity index (χ1) is 8.54. The van der Waals surface area contributed by atoms with Crippen molar-refractivity contribution in [2.45, 2.75) is 20.4 Å². The van der Waals surface area contributed by atoms with Gasteiger partial charge in [-0.25, -0.2) is 4.98 Å². The summed E-state index contributed by atoms with van der Waals surface area (Å²) < 4.78 is 5.00. The van der Waals surface area contributed by atoms with Crippen molar-refractivity contribution in [3.8, 4) is 0 Å². The van der Waals surface area contributed by atoms with Crippen molar-refractivity contribution >= 4 is 11.7 Å². The molecule has 0 unspecified atom stereocenters. The number of amides is 1. The molecule has 0 aliphatic carbocycles. The Morgan fingerprint density at radius 2 is 2.11 bits per heavy atom. The van der Waals surface area contributed by atoms with Gasteiger partial charge in [-0.05, 0) is 26.0 Å². The topological polar surface area (TPSA) is 94.0 Å². The molecule has 0 bridgehead atoms. The standard InChI is InChI=1S/C12H14N4O2/c1-7-3-9(5-11(13)15-7)12(17)14-6-10-4-8(2)16-18-10/h3-5H,6H2,1-2H3,(H2,13,15)(H,14,17). The molecule has 0 fully saturated rings. The average molecular weight is 246 g/mol. The van der Waals surface area contributed by atoms with Gasteiger partial charge in [0.2, 0.25) is 0 Å². The minimum atomic E-state index is -0.221. The zero-order valence-corrected chi connectivity index (χ0v) is 10.2. The number of rotatable bonds is 3. The Bertz CT molecular complexity index is 557. The van der Waals surface area contributed by atoms with E-state index < -0.39 is 0 Å². The summed E-state index contributed by atoms with van der Waals surface area (Å²) in [5.74, 6) is 0.719. The number of carbonyl (C=O) groups excluding carboxylic acids is 1. The van der Waals surface area contributed by atoms with E-state index in [-0.39, 0.29) is 5.91 Å². The largest absolute Gasteiger partial charge is 0.384 e. The number of nitrogens with one attached hydrogen (secondary N) is 1. The van der Waals surface area contributed by atoms with Crippen molar-refractivity contribution in [3.05, 3.63) is 40.9 Å². The van der Waals surface area contributed by atoms with Gasteiger partial charge in [-0.2, -0.15) is 0 Å². The molecule has 0 saturated carbocycles. The second kappa shape index (κ2) is 4.87. The first-order valence-corrected chi connectivity index (χ1v) is 5.49. The SMILES string of the molecule is Cc1cc(CNC(=O)c2cc(C)nc(N)c2)on1. The zero-order valence-electron chi connectivity index (χ0n) is 10.2. The Balaban J connectivity index is 2.03. The van der Waals surface area contributed by atoms with Crippen LogP contribution in [0.25, 0.3) is 0 Å². The minimum Gasteiger partial charge on any atom is -0.384 e. The fourth-order valence-corrected chi connectivity index (χ4v) is 1.59. The maximum atomic E-state index is 11.9. The Morgan fingerprint density at radius 3 is 2.72 bits per heavy atom. The van der Waals surface area contributed by atoms with E-state index in [1.165, 1.54) is 6.07 Å². The third kappa shape index (κ3) is 2.85. The molecular weight excluding hydrogens is 232 g/mol. The maximum Gasteiger partial charge on any atom is 0.251 e. The number of aryl methyl sites for hydroxylation is 2. The number of carbonyl (C=O) groups is 1. The monoisotopic (exact) mass is 246 g/mol. The van der Waals surface area contributed by atoms with Gasteiger partial charge in [0.05, 0.1) is 12.2 Å². The van der Waals surface area contributed by atoms with Gasteiger partial charge in [-0.1, -0.05) is 5.16 Å². The third-order valence-electron chi connectivity index (χ3n) is 2.34. The van der Waals surface area contributed by atoms with Gasteiger partial charge in [0.15, 0.2) is 5.76 Å². The van der Waals surface area contributed by atoms with E-state index in [0.717, 1.165) is 5.69 Å². The van der Waals surface area contributed by atoms with E-state index in [0.29, 0.717) is 29.4 Å². The van der Waals surface area contributed by atoms with Crippen molar-refractivity contribution in [3.63, 3.8) is 0 Å². The number of nitrogen functional groups attached to an aromatic ring is 1. The van der Waals surface area contributed by atoms with Crippen LogP contribution in [0.4, 0.5) is 5.82 Å². The van der Waals surface area contributed by atoms with Crippen molar-refractivity contribution in [1.29, 1.82) is 0 Å². The number of hydrogen-bond acceptors (Lipinski definition) is 5. The Labute approximate surface area is 104 Å². The summed E-state index contributed by atoms with van der Waals surface area (Å²) in [5, 5.41) is 6.47. The highest BCUT2D eigenvalue weighted by molar-refractivity contribution is 5.94. The van der Waals surface area contributed by atoms with Gasteiger partial charge in [-0.3, -0.25) is 4.79 Å². The predicted molar refractivity (Wildman–Crippen MR) is 65.8 cm³/mol. The molecule has 3 N–H and O–H groups in total. The molecule has 6 heteroatoms. The molecule has 1 amide bonds. The molecule has 0 atom stereocenters. The molecule has 0 saturated heterocycles. The number of hydrogen-bond donors (Lipinski definition) is 2. The van der Waals surface area contributed by atoms with E-state index >= 15 is 0 Å². The lowest BCUT2D eigenvalue weighted by atomic mass is 10.2. The van der Waals surface area contributed by atoms with E-state index in [1.807, 2.05) is 6.92 Å². The van der Waals surface area contributed by atoms with Crippen LogP contribution >= 0.6 is 0 Å². The summed E-state index contributed by atoms with van der Waals surface area (Å²) in [6.07, 6.45) is 0.